The maximum absolute atomic E-state index is 12.8. The van der Waals surface area contributed by atoms with Crippen molar-refractivity contribution in [1.82, 2.24) is 0 Å². The molecule has 2 aromatic rings. The fourth-order valence-electron chi connectivity index (χ4n) is 3.22. The average Bonchev–Trinajstić information content (AvgIpc) is 2.97. The molecule has 1 aliphatic heterocycles. The molecule has 1 aliphatic rings. The van der Waals surface area contributed by atoms with E-state index < -0.39 is 17.8 Å². The summed E-state index contributed by atoms with van der Waals surface area (Å²) in [5, 5.41) is 0. The Labute approximate surface area is 169 Å². The second-order valence-corrected chi connectivity index (χ2v) is 7.01. The number of anilines is 1. The van der Waals surface area contributed by atoms with Crippen molar-refractivity contribution in [1.29, 1.82) is 0 Å². The molecule has 0 radical (unpaired) electrons. The summed E-state index contributed by atoms with van der Waals surface area (Å²) in [7, 11) is 0. The summed E-state index contributed by atoms with van der Waals surface area (Å²) in [6.45, 7) is 3.88. The van der Waals surface area contributed by atoms with Gasteiger partial charge in [0, 0.05) is 5.56 Å². The molecular weight excluding hydrogens is 370 g/mol. The highest BCUT2D eigenvalue weighted by Gasteiger charge is 2.37. The Kier molecular flexibility index (Phi) is 6.22. The number of esters is 1. The number of Topliss-reactive ketones (excluding diaryl/α,β-unsaturated/α-hetero) is 1. The monoisotopic (exact) mass is 393 g/mol. The minimum atomic E-state index is -0.506. The van der Waals surface area contributed by atoms with Gasteiger partial charge in [0.05, 0.1) is 29.0 Å². The number of carbonyl (C=O) groups is 4. The van der Waals surface area contributed by atoms with Crippen molar-refractivity contribution in [3.05, 3.63) is 64.7 Å². The molecule has 6 nitrogen and oxygen atoms in total. The lowest BCUT2D eigenvalue weighted by atomic mass is 10.1. The maximum atomic E-state index is 12.8. The van der Waals surface area contributed by atoms with E-state index in [4.69, 9.17) is 4.74 Å². The zero-order chi connectivity index (χ0) is 21.0. The third-order valence-electron chi connectivity index (χ3n) is 4.89. The Bertz CT molecular complexity index is 962. The molecule has 0 fully saturated rings. The van der Waals surface area contributed by atoms with Gasteiger partial charge in [-0.05, 0) is 55.8 Å². The second kappa shape index (κ2) is 8.82. The van der Waals surface area contributed by atoms with E-state index in [2.05, 4.69) is 6.92 Å². The summed E-state index contributed by atoms with van der Waals surface area (Å²) in [6, 6.07) is 10.7. The van der Waals surface area contributed by atoms with Crippen LogP contribution in [0, 0.1) is 0 Å². The van der Waals surface area contributed by atoms with Crippen LogP contribution in [0.2, 0.25) is 0 Å². The van der Waals surface area contributed by atoms with E-state index in [1.54, 1.807) is 24.3 Å². The molecule has 29 heavy (non-hydrogen) atoms. The molecule has 0 unspecified atom stereocenters. The number of fused-ring (bicyclic) bond motifs is 1. The Morgan fingerprint density at radius 1 is 0.862 bits per heavy atom. The average molecular weight is 393 g/mol. The molecule has 0 saturated heterocycles. The SMILES string of the molecule is CCCCCCOC(=O)c1ccc2c(c1)C(=O)N(c1ccc(C(C)=O)cc1)C2=O. The normalized spacial score (nSPS) is 12.8. The molecule has 0 N–H and O–H groups in total. The van der Waals surface area contributed by atoms with Gasteiger partial charge in [0.15, 0.2) is 5.78 Å². The van der Waals surface area contributed by atoms with Crippen molar-refractivity contribution in [3.8, 4) is 0 Å². The van der Waals surface area contributed by atoms with Crippen LogP contribution in [0.1, 0.15) is 81.0 Å². The highest BCUT2D eigenvalue weighted by atomic mass is 16.5. The van der Waals surface area contributed by atoms with Gasteiger partial charge in [-0.25, -0.2) is 9.69 Å². The molecule has 0 aromatic heterocycles. The van der Waals surface area contributed by atoms with Crippen molar-refractivity contribution in [2.24, 2.45) is 0 Å². The molecule has 0 aliphatic carbocycles. The molecule has 150 valence electrons. The van der Waals surface area contributed by atoms with E-state index in [0.29, 0.717) is 17.9 Å². The number of benzene rings is 2. The number of ketones is 1. The number of nitrogens with zero attached hydrogens (tertiary/aromatic N) is 1. The van der Waals surface area contributed by atoms with Crippen molar-refractivity contribution < 1.29 is 23.9 Å². The minimum absolute atomic E-state index is 0.100. The summed E-state index contributed by atoms with van der Waals surface area (Å²) < 4.78 is 5.26. The third kappa shape index (κ3) is 4.26. The van der Waals surface area contributed by atoms with E-state index in [0.717, 1.165) is 30.6 Å². The number of rotatable bonds is 8. The predicted molar refractivity (Wildman–Crippen MR) is 108 cm³/mol. The molecule has 2 aromatic carbocycles. The summed E-state index contributed by atoms with van der Waals surface area (Å²) in [5.74, 6) is -1.57. The van der Waals surface area contributed by atoms with Gasteiger partial charge in [-0.15, -0.1) is 0 Å². The van der Waals surface area contributed by atoms with E-state index in [-0.39, 0.29) is 22.5 Å². The van der Waals surface area contributed by atoms with Crippen LogP contribution in [0.3, 0.4) is 0 Å². The molecule has 2 amide bonds. The van der Waals surface area contributed by atoms with Crippen molar-refractivity contribution >= 4 is 29.3 Å². The Hall–Kier alpha value is -3.28. The first-order chi connectivity index (χ1) is 13.9. The van der Waals surface area contributed by atoms with Crippen molar-refractivity contribution in [3.63, 3.8) is 0 Å². The number of amides is 2. The smallest absolute Gasteiger partial charge is 0.338 e. The zero-order valence-electron chi connectivity index (χ0n) is 16.6. The van der Waals surface area contributed by atoms with Crippen LogP contribution in [-0.2, 0) is 4.74 Å². The fourth-order valence-corrected chi connectivity index (χ4v) is 3.22. The third-order valence-corrected chi connectivity index (χ3v) is 4.89. The summed E-state index contributed by atoms with van der Waals surface area (Å²) >= 11 is 0. The van der Waals surface area contributed by atoms with Gasteiger partial charge in [-0.3, -0.25) is 14.4 Å². The number of ether oxygens (including phenoxy) is 1. The minimum Gasteiger partial charge on any atom is -0.462 e. The zero-order valence-corrected chi connectivity index (χ0v) is 16.6. The number of unbranched alkanes of at least 4 members (excludes halogenated alkanes) is 3. The Morgan fingerprint density at radius 3 is 2.17 bits per heavy atom. The van der Waals surface area contributed by atoms with E-state index in [1.807, 2.05) is 0 Å². The van der Waals surface area contributed by atoms with Gasteiger partial charge in [0.2, 0.25) is 0 Å². The van der Waals surface area contributed by atoms with Gasteiger partial charge >= 0.3 is 5.97 Å². The summed E-state index contributed by atoms with van der Waals surface area (Å²) in [5.41, 5.74) is 1.53. The van der Waals surface area contributed by atoms with E-state index in [9.17, 15) is 19.2 Å². The lowest BCUT2D eigenvalue weighted by Crippen LogP contribution is -2.29. The first-order valence-electron chi connectivity index (χ1n) is 9.75. The lowest BCUT2D eigenvalue weighted by Gasteiger charge is -2.13. The van der Waals surface area contributed by atoms with Crippen LogP contribution in [0.5, 0.6) is 0 Å². The standard InChI is InChI=1S/C23H23NO5/c1-3-4-5-6-13-29-23(28)17-9-12-19-20(14-17)22(27)24(21(19)26)18-10-7-16(8-11-18)15(2)25/h7-12,14H,3-6,13H2,1-2H3. The predicted octanol–water partition coefficient (Wildman–Crippen LogP) is 4.43. The van der Waals surface area contributed by atoms with Gasteiger partial charge in [-0.2, -0.15) is 0 Å². The molecule has 3 rings (SSSR count). The van der Waals surface area contributed by atoms with E-state index in [1.165, 1.54) is 25.1 Å². The number of hydrogen-bond acceptors (Lipinski definition) is 5. The van der Waals surface area contributed by atoms with Gasteiger partial charge < -0.3 is 4.74 Å². The van der Waals surface area contributed by atoms with Gasteiger partial charge in [-0.1, -0.05) is 26.2 Å². The molecule has 1 heterocycles. The van der Waals surface area contributed by atoms with Crippen molar-refractivity contribution in [2.75, 3.05) is 11.5 Å². The first-order valence-corrected chi connectivity index (χ1v) is 9.75. The van der Waals surface area contributed by atoms with Crippen LogP contribution in [-0.4, -0.2) is 30.2 Å². The van der Waals surface area contributed by atoms with Crippen LogP contribution < -0.4 is 4.90 Å². The number of carbonyl (C=O) groups excluding carboxylic acids is 4. The summed E-state index contributed by atoms with van der Waals surface area (Å²) in [4.78, 5) is 50.2. The molecule has 0 bridgehead atoms. The highest BCUT2D eigenvalue weighted by Crippen LogP contribution is 2.29. The van der Waals surface area contributed by atoms with Crippen LogP contribution in [0.25, 0.3) is 0 Å². The van der Waals surface area contributed by atoms with Crippen LogP contribution in [0.4, 0.5) is 5.69 Å². The van der Waals surface area contributed by atoms with E-state index >= 15 is 0 Å². The number of hydrogen-bond donors (Lipinski definition) is 0. The molecule has 0 spiro atoms. The van der Waals surface area contributed by atoms with Crippen LogP contribution in [0.15, 0.2) is 42.5 Å². The van der Waals surface area contributed by atoms with Crippen molar-refractivity contribution in [2.45, 2.75) is 39.5 Å². The second-order valence-electron chi connectivity index (χ2n) is 7.01. The topological polar surface area (TPSA) is 80.8 Å². The largest absolute Gasteiger partial charge is 0.462 e. The summed E-state index contributed by atoms with van der Waals surface area (Å²) in [6.07, 6.45) is 3.99. The Morgan fingerprint density at radius 2 is 1.52 bits per heavy atom. The fraction of sp³-hybridized carbons (Fsp3) is 0.304. The molecule has 0 saturated carbocycles. The van der Waals surface area contributed by atoms with Crippen LogP contribution >= 0.6 is 0 Å². The first kappa shape index (κ1) is 20.5. The quantitative estimate of drug-likeness (QED) is 0.287. The lowest BCUT2D eigenvalue weighted by molar-refractivity contribution is 0.0497. The van der Waals surface area contributed by atoms with Gasteiger partial charge in [0.1, 0.15) is 0 Å². The Balaban J connectivity index is 1.76. The number of imide groups is 1. The molecular formula is C23H23NO5. The van der Waals surface area contributed by atoms with Gasteiger partial charge in [0.25, 0.3) is 11.8 Å². The molecule has 6 heteroatoms. The maximum Gasteiger partial charge on any atom is 0.338 e. The highest BCUT2D eigenvalue weighted by molar-refractivity contribution is 6.34. The molecule has 0 atom stereocenters.